The number of pyridine rings is 1. The smallest absolute Gasteiger partial charge is 0.0670 e. The van der Waals surface area contributed by atoms with Crippen molar-refractivity contribution in [2.45, 2.75) is 38.9 Å². The van der Waals surface area contributed by atoms with Crippen LogP contribution in [0.3, 0.4) is 0 Å². The third-order valence-corrected chi connectivity index (χ3v) is 3.42. The van der Waals surface area contributed by atoms with Gasteiger partial charge in [0.25, 0.3) is 0 Å². The Labute approximate surface area is 109 Å². The van der Waals surface area contributed by atoms with E-state index in [4.69, 9.17) is 4.74 Å². The highest BCUT2D eigenvalue weighted by Gasteiger charge is 2.22. The molecule has 4 nitrogen and oxygen atoms in total. The molecular formula is C14H23N3O. The van der Waals surface area contributed by atoms with Gasteiger partial charge in [-0.15, -0.1) is 0 Å². The van der Waals surface area contributed by atoms with Gasteiger partial charge in [0.05, 0.1) is 24.5 Å². The first-order valence-corrected chi connectivity index (χ1v) is 6.65. The molecule has 1 N–H and O–H groups in total. The van der Waals surface area contributed by atoms with Crippen LogP contribution >= 0.6 is 0 Å². The summed E-state index contributed by atoms with van der Waals surface area (Å²) in [5.74, 6) is 0. The van der Waals surface area contributed by atoms with Crippen molar-refractivity contribution in [3.63, 3.8) is 0 Å². The molecule has 1 fully saturated rings. The van der Waals surface area contributed by atoms with Gasteiger partial charge in [0.1, 0.15) is 0 Å². The molecular weight excluding hydrogens is 226 g/mol. The van der Waals surface area contributed by atoms with Crippen molar-refractivity contribution in [2.75, 3.05) is 25.2 Å². The van der Waals surface area contributed by atoms with E-state index in [1.54, 1.807) is 0 Å². The summed E-state index contributed by atoms with van der Waals surface area (Å²) in [5.41, 5.74) is 2.51. The minimum atomic E-state index is 0.479. The lowest BCUT2D eigenvalue weighted by Gasteiger charge is -2.27. The molecule has 1 aromatic heterocycles. The summed E-state index contributed by atoms with van der Waals surface area (Å²) in [4.78, 5) is 6.56. The number of nitrogens with one attached hydrogen (secondary N) is 1. The molecule has 1 unspecified atom stereocenters. The summed E-state index contributed by atoms with van der Waals surface area (Å²) in [7, 11) is 2.13. The molecule has 0 bridgehead atoms. The van der Waals surface area contributed by atoms with Crippen LogP contribution in [0, 0.1) is 0 Å². The van der Waals surface area contributed by atoms with Crippen molar-refractivity contribution in [1.82, 2.24) is 10.3 Å². The summed E-state index contributed by atoms with van der Waals surface area (Å²) in [6, 6.07) is 3.06. The summed E-state index contributed by atoms with van der Waals surface area (Å²) < 4.78 is 5.46. The quantitative estimate of drug-likeness (QED) is 0.863. The second kappa shape index (κ2) is 6.16. The minimum Gasteiger partial charge on any atom is -0.379 e. The van der Waals surface area contributed by atoms with Gasteiger partial charge in [-0.05, 0) is 18.1 Å². The van der Waals surface area contributed by atoms with Crippen LogP contribution in [0.1, 0.15) is 25.8 Å². The Morgan fingerprint density at radius 1 is 1.56 bits per heavy atom. The summed E-state index contributed by atoms with van der Waals surface area (Å²) in [6.45, 7) is 6.90. The van der Waals surface area contributed by atoms with Gasteiger partial charge in [-0.1, -0.05) is 13.8 Å². The lowest BCUT2D eigenvalue weighted by molar-refractivity contribution is 0.193. The lowest BCUT2D eigenvalue weighted by atomic mass is 10.1. The Bertz CT molecular complexity index is 375. The Hall–Kier alpha value is -1.13. The SMILES string of the molecule is CC(C)NCc1ccncc1N(C)C1CCOC1. The van der Waals surface area contributed by atoms with Crippen LogP contribution in [0.5, 0.6) is 0 Å². The van der Waals surface area contributed by atoms with Crippen LogP contribution in [0.4, 0.5) is 5.69 Å². The third-order valence-electron chi connectivity index (χ3n) is 3.42. The van der Waals surface area contributed by atoms with Crippen molar-refractivity contribution in [2.24, 2.45) is 0 Å². The molecule has 4 heteroatoms. The second-order valence-corrected chi connectivity index (χ2v) is 5.17. The predicted molar refractivity (Wildman–Crippen MR) is 73.8 cm³/mol. The van der Waals surface area contributed by atoms with E-state index >= 15 is 0 Å². The zero-order valence-corrected chi connectivity index (χ0v) is 11.5. The van der Waals surface area contributed by atoms with Gasteiger partial charge in [0.2, 0.25) is 0 Å². The summed E-state index contributed by atoms with van der Waals surface area (Å²) >= 11 is 0. The zero-order chi connectivity index (χ0) is 13.0. The molecule has 0 radical (unpaired) electrons. The van der Waals surface area contributed by atoms with E-state index in [1.165, 1.54) is 11.3 Å². The average molecular weight is 249 g/mol. The number of nitrogens with zero attached hydrogens (tertiary/aromatic N) is 2. The van der Waals surface area contributed by atoms with Crippen molar-refractivity contribution >= 4 is 5.69 Å². The van der Waals surface area contributed by atoms with Crippen molar-refractivity contribution in [1.29, 1.82) is 0 Å². The average Bonchev–Trinajstić information content (AvgIpc) is 2.89. The van der Waals surface area contributed by atoms with Gasteiger partial charge in [0.15, 0.2) is 0 Å². The Kier molecular flexibility index (Phi) is 4.55. The molecule has 1 atom stereocenters. The van der Waals surface area contributed by atoms with Crippen molar-refractivity contribution in [3.8, 4) is 0 Å². The van der Waals surface area contributed by atoms with E-state index in [1.807, 2.05) is 12.4 Å². The fraction of sp³-hybridized carbons (Fsp3) is 0.643. The van der Waals surface area contributed by atoms with Gasteiger partial charge >= 0.3 is 0 Å². The maximum atomic E-state index is 5.46. The number of rotatable bonds is 5. The van der Waals surface area contributed by atoms with Gasteiger partial charge in [0, 0.05) is 32.4 Å². The maximum absolute atomic E-state index is 5.46. The highest BCUT2D eigenvalue weighted by molar-refractivity contribution is 5.52. The number of likely N-dealkylation sites (N-methyl/N-ethyl adjacent to an activating group) is 1. The van der Waals surface area contributed by atoms with E-state index in [0.717, 1.165) is 26.2 Å². The number of hydrogen-bond acceptors (Lipinski definition) is 4. The molecule has 0 amide bonds. The first-order chi connectivity index (χ1) is 8.68. The molecule has 1 aliphatic heterocycles. The van der Waals surface area contributed by atoms with E-state index in [0.29, 0.717) is 12.1 Å². The van der Waals surface area contributed by atoms with Gasteiger partial charge < -0.3 is 15.0 Å². The molecule has 0 aromatic carbocycles. The third kappa shape index (κ3) is 3.21. The van der Waals surface area contributed by atoms with E-state index in [-0.39, 0.29) is 0 Å². The first-order valence-electron chi connectivity index (χ1n) is 6.65. The van der Waals surface area contributed by atoms with E-state index < -0.39 is 0 Å². The van der Waals surface area contributed by atoms with E-state index in [2.05, 4.69) is 42.2 Å². The minimum absolute atomic E-state index is 0.479. The van der Waals surface area contributed by atoms with Crippen LogP contribution in [0.15, 0.2) is 18.5 Å². The number of ether oxygens (including phenoxy) is 1. The fourth-order valence-corrected chi connectivity index (χ4v) is 2.22. The fourth-order valence-electron chi connectivity index (χ4n) is 2.22. The highest BCUT2D eigenvalue weighted by atomic mass is 16.5. The van der Waals surface area contributed by atoms with Crippen LogP contribution in [-0.4, -0.2) is 37.3 Å². The normalized spacial score (nSPS) is 19.4. The molecule has 1 saturated heterocycles. The van der Waals surface area contributed by atoms with Crippen LogP contribution in [0.2, 0.25) is 0 Å². The Balaban J connectivity index is 2.10. The largest absolute Gasteiger partial charge is 0.379 e. The summed E-state index contributed by atoms with van der Waals surface area (Å²) in [5, 5.41) is 3.46. The predicted octanol–water partition coefficient (Wildman–Crippen LogP) is 1.80. The summed E-state index contributed by atoms with van der Waals surface area (Å²) in [6.07, 6.45) is 4.91. The zero-order valence-electron chi connectivity index (χ0n) is 11.5. The molecule has 1 aliphatic rings. The molecule has 0 aliphatic carbocycles. The van der Waals surface area contributed by atoms with Gasteiger partial charge in [-0.2, -0.15) is 0 Å². The van der Waals surface area contributed by atoms with Crippen molar-refractivity contribution in [3.05, 3.63) is 24.0 Å². The monoisotopic (exact) mass is 249 g/mol. The molecule has 18 heavy (non-hydrogen) atoms. The molecule has 2 rings (SSSR count). The Morgan fingerprint density at radius 3 is 3.06 bits per heavy atom. The Morgan fingerprint density at radius 2 is 2.39 bits per heavy atom. The molecule has 0 saturated carbocycles. The topological polar surface area (TPSA) is 37.4 Å². The molecule has 100 valence electrons. The maximum Gasteiger partial charge on any atom is 0.0670 e. The molecule has 0 spiro atoms. The standard InChI is InChI=1S/C14H23N3O/c1-11(2)16-8-12-4-6-15-9-14(12)17(3)13-5-7-18-10-13/h4,6,9,11,13,16H,5,7-8,10H2,1-3H3. The highest BCUT2D eigenvalue weighted by Crippen LogP contribution is 2.23. The van der Waals surface area contributed by atoms with E-state index in [9.17, 15) is 0 Å². The second-order valence-electron chi connectivity index (χ2n) is 5.17. The van der Waals surface area contributed by atoms with Crippen LogP contribution < -0.4 is 10.2 Å². The van der Waals surface area contributed by atoms with Crippen LogP contribution in [0.25, 0.3) is 0 Å². The number of hydrogen-bond donors (Lipinski definition) is 1. The van der Waals surface area contributed by atoms with Gasteiger partial charge in [-0.3, -0.25) is 4.98 Å². The molecule has 2 heterocycles. The lowest BCUT2D eigenvalue weighted by Crippen LogP contribution is -2.33. The van der Waals surface area contributed by atoms with Crippen LogP contribution in [-0.2, 0) is 11.3 Å². The first kappa shape index (κ1) is 13.3. The number of aromatic nitrogens is 1. The van der Waals surface area contributed by atoms with Gasteiger partial charge in [-0.25, -0.2) is 0 Å². The molecule has 1 aromatic rings. The number of anilines is 1. The van der Waals surface area contributed by atoms with Crippen molar-refractivity contribution < 1.29 is 4.74 Å².